The molecule has 0 heterocycles. The van der Waals surface area contributed by atoms with Gasteiger partial charge in [-0.1, -0.05) is 130 Å². The zero-order valence-electron chi connectivity index (χ0n) is 28.6. The number of hydrogen-bond donors (Lipinski definition) is 0. The molecule has 2 unspecified atom stereocenters. The van der Waals surface area contributed by atoms with Gasteiger partial charge in [0.25, 0.3) is 0 Å². The molecule has 2 atom stereocenters. The molecule has 234 valence electrons. The van der Waals surface area contributed by atoms with Crippen molar-refractivity contribution < 1.29 is 4.21 Å². The molecule has 4 heteroatoms. The fourth-order valence-electron chi connectivity index (χ4n) is 7.15. The van der Waals surface area contributed by atoms with Crippen LogP contribution in [-0.4, -0.2) is 31.6 Å². The summed E-state index contributed by atoms with van der Waals surface area (Å²) in [6, 6.07) is 16.7. The quantitative estimate of drug-likeness (QED) is 0.286. The van der Waals surface area contributed by atoms with Gasteiger partial charge in [0.15, 0.2) is 0 Å². The van der Waals surface area contributed by atoms with E-state index >= 15 is 0 Å². The van der Waals surface area contributed by atoms with E-state index in [1.54, 1.807) is 5.30 Å². The maximum Gasteiger partial charge on any atom is 0.100 e. The van der Waals surface area contributed by atoms with Crippen LogP contribution in [0.15, 0.2) is 42.5 Å². The molecule has 0 N–H and O–H groups in total. The summed E-state index contributed by atoms with van der Waals surface area (Å²) in [6.07, 6.45) is 13.9. The highest BCUT2D eigenvalue weighted by Crippen LogP contribution is 2.56. The molecule has 0 aliphatic heterocycles. The highest BCUT2D eigenvalue weighted by atomic mass is 32.2. The van der Waals surface area contributed by atoms with Crippen molar-refractivity contribution in [3.05, 3.63) is 64.7 Å². The third-order valence-corrected chi connectivity index (χ3v) is 14.9. The predicted octanol–water partition coefficient (Wildman–Crippen LogP) is 10.5. The molecular formula is C38H60NOPS. The fourth-order valence-corrected chi connectivity index (χ4v) is 12.4. The second-order valence-corrected chi connectivity index (χ2v) is 21.3. The van der Waals surface area contributed by atoms with Crippen LogP contribution in [0, 0.1) is 0 Å². The summed E-state index contributed by atoms with van der Waals surface area (Å²) in [4.78, 5) is 0. The van der Waals surface area contributed by atoms with E-state index < -0.39 is 11.0 Å². The molecule has 2 aliphatic carbocycles. The molecule has 0 radical (unpaired) electrons. The van der Waals surface area contributed by atoms with Crippen LogP contribution in [0.1, 0.15) is 155 Å². The number of hydrogen-bond acceptors (Lipinski definition) is 1. The van der Waals surface area contributed by atoms with E-state index in [0.717, 1.165) is 11.3 Å². The molecule has 0 aromatic heterocycles. The number of rotatable bonds is 7. The Morgan fingerprint density at radius 2 is 1.17 bits per heavy atom. The predicted molar refractivity (Wildman–Crippen MR) is 188 cm³/mol. The standard InChI is InChI=1S/C38H60NOPS/c1-36(2,3)29-25-28(26-30(27-29)37(4,5)6)35(39(10)42(40)38(7,8)9)33-23-17-18-24-34(33)41(31-19-13-11-14-20-31)32-21-15-12-16-22-32/h17-18,23-27,31-32,35H,11-16,19-22H2,1-10H3. The second-order valence-electron chi connectivity index (χ2n) is 16.2. The van der Waals surface area contributed by atoms with Crippen molar-refractivity contribution in [2.75, 3.05) is 7.05 Å². The Morgan fingerprint density at radius 1 is 0.714 bits per heavy atom. The molecule has 2 nitrogen and oxygen atoms in total. The van der Waals surface area contributed by atoms with Gasteiger partial charge in [0.05, 0.1) is 10.8 Å². The average molecular weight is 610 g/mol. The van der Waals surface area contributed by atoms with Gasteiger partial charge in [0.2, 0.25) is 0 Å². The molecule has 2 saturated carbocycles. The topological polar surface area (TPSA) is 20.3 Å². The van der Waals surface area contributed by atoms with E-state index in [-0.39, 0.29) is 29.5 Å². The molecule has 42 heavy (non-hydrogen) atoms. The van der Waals surface area contributed by atoms with Gasteiger partial charge >= 0.3 is 0 Å². The van der Waals surface area contributed by atoms with Gasteiger partial charge in [-0.3, -0.25) is 0 Å². The molecule has 2 aromatic rings. The van der Waals surface area contributed by atoms with Gasteiger partial charge in [-0.15, -0.1) is 0 Å². The normalized spacial score (nSPS) is 19.8. The van der Waals surface area contributed by atoms with Crippen LogP contribution in [0.2, 0.25) is 0 Å². The molecule has 0 amide bonds. The van der Waals surface area contributed by atoms with E-state index in [4.69, 9.17) is 0 Å². The van der Waals surface area contributed by atoms with Crippen LogP contribution >= 0.6 is 7.92 Å². The lowest BCUT2D eigenvalue weighted by Crippen LogP contribution is -2.40. The van der Waals surface area contributed by atoms with Crippen molar-refractivity contribution in [3.8, 4) is 0 Å². The lowest BCUT2D eigenvalue weighted by molar-refractivity contribution is 0.438. The molecule has 0 saturated heterocycles. The van der Waals surface area contributed by atoms with Crippen molar-refractivity contribution in [3.63, 3.8) is 0 Å². The van der Waals surface area contributed by atoms with Gasteiger partial charge in [0, 0.05) is 7.05 Å². The number of benzene rings is 2. The maximum atomic E-state index is 14.2. The van der Waals surface area contributed by atoms with Gasteiger partial charge in [-0.05, 0) is 96.2 Å². The molecule has 2 aliphatic rings. The summed E-state index contributed by atoms with van der Waals surface area (Å²) in [6.45, 7) is 20.3. The largest absolute Gasteiger partial charge is 0.242 e. The number of nitrogens with zero attached hydrogens (tertiary/aromatic N) is 1. The van der Waals surface area contributed by atoms with E-state index in [1.807, 2.05) is 0 Å². The van der Waals surface area contributed by atoms with Gasteiger partial charge in [0.1, 0.15) is 11.0 Å². The Bertz CT molecular complexity index is 1150. The summed E-state index contributed by atoms with van der Waals surface area (Å²) in [5.74, 6) is 0. The minimum Gasteiger partial charge on any atom is -0.242 e. The Hall–Kier alpha value is -1.02. The zero-order chi connectivity index (χ0) is 30.9. The molecule has 2 aromatic carbocycles. The minimum atomic E-state index is -1.16. The zero-order valence-corrected chi connectivity index (χ0v) is 30.3. The first-order valence-corrected chi connectivity index (χ1v) is 19.4. The van der Waals surface area contributed by atoms with Crippen molar-refractivity contribution >= 4 is 24.2 Å². The van der Waals surface area contributed by atoms with Gasteiger partial charge in [-0.2, -0.15) is 0 Å². The van der Waals surface area contributed by atoms with Crippen LogP contribution in [0.4, 0.5) is 0 Å². The first kappa shape index (κ1) is 33.9. The van der Waals surface area contributed by atoms with E-state index in [1.165, 1.54) is 86.5 Å². The summed E-state index contributed by atoms with van der Waals surface area (Å²) < 4.78 is 16.1. The Kier molecular flexibility index (Phi) is 10.9. The van der Waals surface area contributed by atoms with E-state index in [9.17, 15) is 4.21 Å². The summed E-state index contributed by atoms with van der Waals surface area (Å²) in [7, 11) is 0.665. The van der Waals surface area contributed by atoms with Gasteiger partial charge in [-0.25, -0.2) is 8.51 Å². The van der Waals surface area contributed by atoms with Crippen LogP contribution in [-0.2, 0) is 21.8 Å². The first-order chi connectivity index (χ1) is 19.6. The third-order valence-electron chi connectivity index (χ3n) is 9.60. The Morgan fingerprint density at radius 3 is 1.60 bits per heavy atom. The van der Waals surface area contributed by atoms with Crippen molar-refractivity contribution in [2.45, 2.75) is 159 Å². The Balaban J connectivity index is 1.97. The molecular weight excluding hydrogens is 549 g/mol. The summed E-state index contributed by atoms with van der Waals surface area (Å²) >= 11 is 0. The second kappa shape index (κ2) is 13.5. The SMILES string of the molecule is CN(C(c1cc(C(C)(C)C)cc(C(C)(C)C)c1)c1ccccc1P(C1CCCCC1)C1CCCCC1)S(=O)C(C)(C)C. The van der Waals surface area contributed by atoms with Crippen LogP contribution in [0.25, 0.3) is 0 Å². The molecule has 2 fully saturated rings. The smallest absolute Gasteiger partial charge is 0.100 e. The lowest BCUT2D eigenvalue weighted by atomic mass is 9.78. The third kappa shape index (κ3) is 7.97. The van der Waals surface area contributed by atoms with Crippen molar-refractivity contribution in [2.24, 2.45) is 0 Å². The van der Waals surface area contributed by atoms with E-state index in [2.05, 4.69) is 116 Å². The van der Waals surface area contributed by atoms with Crippen molar-refractivity contribution in [1.82, 2.24) is 4.31 Å². The van der Waals surface area contributed by atoms with Crippen LogP contribution in [0.5, 0.6) is 0 Å². The molecule has 0 spiro atoms. The first-order valence-electron chi connectivity index (χ1n) is 16.8. The summed E-state index contributed by atoms with van der Waals surface area (Å²) in [5.41, 5.74) is 7.13. The van der Waals surface area contributed by atoms with Crippen LogP contribution in [0.3, 0.4) is 0 Å². The van der Waals surface area contributed by atoms with Crippen molar-refractivity contribution in [1.29, 1.82) is 0 Å². The fraction of sp³-hybridized carbons (Fsp3) is 0.684. The summed E-state index contributed by atoms with van der Waals surface area (Å²) in [5, 5.41) is 1.60. The lowest BCUT2D eigenvalue weighted by Gasteiger charge is -2.41. The maximum absolute atomic E-state index is 14.2. The minimum absolute atomic E-state index is 0.0264. The molecule has 4 rings (SSSR count). The van der Waals surface area contributed by atoms with Gasteiger partial charge < -0.3 is 0 Å². The molecule has 0 bridgehead atoms. The highest BCUT2D eigenvalue weighted by molar-refractivity contribution is 7.84. The average Bonchev–Trinajstić information content (AvgIpc) is 2.93. The van der Waals surface area contributed by atoms with Crippen LogP contribution < -0.4 is 5.30 Å². The Labute approximate surface area is 263 Å². The monoisotopic (exact) mass is 609 g/mol. The highest BCUT2D eigenvalue weighted by Gasteiger charge is 2.38. The van der Waals surface area contributed by atoms with E-state index in [0.29, 0.717) is 0 Å².